The third-order valence-corrected chi connectivity index (χ3v) is 4.91. The Morgan fingerprint density at radius 3 is 2.58 bits per heavy atom. The molecule has 5 heteroatoms. The lowest BCUT2D eigenvalue weighted by Crippen LogP contribution is -2.21. The summed E-state index contributed by atoms with van der Waals surface area (Å²) in [6.07, 6.45) is 1.63. The van der Waals surface area contributed by atoms with Crippen LogP contribution in [0.1, 0.15) is 18.9 Å². The molecule has 3 rings (SSSR count). The molecular weight excluding hydrogens is 320 g/mol. The predicted octanol–water partition coefficient (Wildman–Crippen LogP) is 3.42. The number of fused-ring (bicyclic) bond motifs is 1. The van der Waals surface area contributed by atoms with Gasteiger partial charge in [0, 0.05) is 12.4 Å². The van der Waals surface area contributed by atoms with E-state index < -0.39 is 0 Å². The van der Waals surface area contributed by atoms with E-state index in [1.807, 2.05) is 48.5 Å². The van der Waals surface area contributed by atoms with Crippen LogP contribution in [0.3, 0.4) is 0 Å². The number of aliphatic hydroxyl groups is 1. The normalized spacial score (nSPS) is 11.1. The van der Waals surface area contributed by atoms with Crippen LogP contribution in [0.5, 0.6) is 0 Å². The van der Waals surface area contributed by atoms with E-state index in [-0.39, 0.29) is 12.2 Å². The molecule has 0 atom stereocenters. The number of aliphatic hydroxyl groups excluding tert-OH is 1. The minimum Gasteiger partial charge on any atom is -0.396 e. The molecule has 0 unspecified atom stereocenters. The average molecular weight is 340 g/mol. The molecule has 1 heterocycles. The molecule has 0 aliphatic heterocycles. The van der Waals surface area contributed by atoms with Crippen molar-refractivity contribution in [3.8, 4) is 5.69 Å². The summed E-state index contributed by atoms with van der Waals surface area (Å²) in [5.74, 6) is 0.717. The van der Waals surface area contributed by atoms with Gasteiger partial charge in [-0.05, 0) is 42.7 Å². The standard InChI is InChI=1S/C19H20N2O2S/c1-2-14-8-10-15(11-9-14)21-18(23)16-6-3-4-7-17(16)20-19(21)24-13-5-12-22/h3-4,6-11,22H,2,5,12-13H2,1H3. The van der Waals surface area contributed by atoms with Crippen LogP contribution in [0.2, 0.25) is 0 Å². The molecule has 4 nitrogen and oxygen atoms in total. The van der Waals surface area contributed by atoms with E-state index in [4.69, 9.17) is 5.11 Å². The summed E-state index contributed by atoms with van der Waals surface area (Å²) in [5.41, 5.74) is 2.70. The molecule has 124 valence electrons. The van der Waals surface area contributed by atoms with Crippen LogP contribution in [-0.4, -0.2) is 27.0 Å². The molecule has 1 aromatic heterocycles. The fraction of sp³-hybridized carbons (Fsp3) is 0.263. The van der Waals surface area contributed by atoms with Gasteiger partial charge in [-0.25, -0.2) is 4.98 Å². The molecule has 2 aromatic carbocycles. The summed E-state index contributed by atoms with van der Waals surface area (Å²) in [5, 5.41) is 10.3. The van der Waals surface area contributed by atoms with E-state index in [9.17, 15) is 4.79 Å². The van der Waals surface area contributed by atoms with Crippen LogP contribution in [0.15, 0.2) is 58.5 Å². The summed E-state index contributed by atoms with van der Waals surface area (Å²) in [4.78, 5) is 17.7. The van der Waals surface area contributed by atoms with Crippen LogP contribution in [0.25, 0.3) is 16.6 Å². The zero-order chi connectivity index (χ0) is 16.9. The second-order valence-corrected chi connectivity index (χ2v) is 6.56. The Morgan fingerprint density at radius 2 is 1.88 bits per heavy atom. The van der Waals surface area contributed by atoms with Gasteiger partial charge in [-0.15, -0.1) is 0 Å². The van der Waals surface area contributed by atoms with Gasteiger partial charge in [-0.2, -0.15) is 0 Å². The summed E-state index contributed by atoms with van der Waals surface area (Å²) in [6.45, 7) is 2.24. The van der Waals surface area contributed by atoms with E-state index in [0.717, 1.165) is 12.1 Å². The van der Waals surface area contributed by atoms with E-state index in [1.165, 1.54) is 17.3 Å². The first kappa shape index (κ1) is 16.7. The summed E-state index contributed by atoms with van der Waals surface area (Å²) in [7, 11) is 0. The highest BCUT2D eigenvalue weighted by molar-refractivity contribution is 7.99. The maximum absolute atomic E-state index is 13.0. The Labute approximate surface area is 145 Å². The Hall–Kier alpha value is -2.11. The van der Waals surface area contributed by atoms with Crippen molar-refractivity contribution in [2.24, 2.45) is 0 Å². The Bertz CT molecular complexity index is 888. The maximum Gasteiger partial charge on any atom is 0.266 e. The van der Waals surface area contributed by atoms with Crippen molar-refractivity contribution in [3.63, 3.8) is 0 Å². The molecule has 0 bridgehead atoms. The zero-order valence-electron chi connectivity index (χ0n) is 13.6. The van der Waals surface area contributed by atoms with Crippen LogP contribution in [0, 0.1) is 0 Å². The summed E-state index contributed by atoms with van der Waals surface area (Å²) < 4.78 is 1.67. The van der Waals surface area contributed by atoms with Gasteiger partial charge in [-0.1, -0.05) is 43.0 Å². The van der Waals surface area contributed by atoms with Crippen molar-refractivity contribution in [2.45, 2.75) is 24.9 Å². The van der Waals surface area contributed by atoms with Gasteiger partial charge in [0.2, 0.25) is 0 Å². The first-order valence-electron chi connectivity index (χ1n) is 8.09. The highest BCUT2D eigenvalue weighted by Crippen LogP contribution is 2.22. The van der Waals surface area contributed by atoms with Crippen molar-refractivity contribution in [1.82, 2.24) is 9.55 Å². The van der Waals surface area contributed by atoms with Crippen molar-refractivity contribution in [1.29, 1.82) is 0 Å². The number of aromatic nitrogens is 2. The number of thioether (sulfide) groups is 1. The second kappa shape index (κ2) is 7.64. The molecule has 0 amide bonds. The largest absolute Gasteiger partial charge is 0.396 e. The Balaban J connectivity index is 2.16. The van der Waals surface area contributed by atoms with Gasteiger partial charge in [0.1, 0.15) is 0 Å². The minimum atomic E-state index is -0.0589. The third-order valence-electron chi connectivity index (χ3n) is 3.88. The number of para-hydroxylation sites is 1. The van der Waals surface area contributed by atoms with Gasteiger partial charge >= 0.3 is 0 Å². The lowest BCUT2D eigenvalue weighted by molar-refractivity contribution is 0.296. The molecule has 3 aromatic rings. The minimum absolute atomic E-state index is 0.0589. The van der Waals surface area contributed by atoms with Gasteiger partial charge in [0.15, 0.2) is 5.16 Å². The highest BCUT2D eigenvalue weighted by atomic mass is 32.2. The van der Waals surface area contributed by atoms with E-state index in [0.29, 0.717) is 28.2 Å². The van der Waals surface area contributed by atoms with E-state index in [1.54, 1.807) is 4.57 Å². The lowest BCUT2D eigenvalue weighted by atomic mass is 10.1. The molecule has 1 N–H and O–H groups in total. The quantitative estimate of drug-likeness (QED) is 0.424. The zero-order valence-corrected chi connectivity index (χ0v) is 14.4. The van der Waals surface area contributed by atoms with Crippen LogP contribution < -0.4 is 5.56 Å². The predicted molar refractivity (Wildman–Crippen MR) is 99.1 cm³/mol. The maximum atomic E-state index is 13.0. The number of rotatable bonds is 6. The smallest absolute Gasteiger partial charge is 0.266 e. The molecule has 24 heavy (non-hydrogen) atoms. The Morgan fingerprint density at radius 1 is 1.12 bits per heavy atom. The molecule has 0 spiro atoms. The SMILES string of the molecule is CCc1ccc(-n2c(SCCCO)nc3ccccc3c2=O)cc1. The molecule has 0 saturated carbocycles. The highest BCUT2D eigenvalue weighted by Gasteiger charge is 2.13. The molecule has 0 aliphatic rings. The van der Waals surface area contributed by atoms with Crippen molar-refractivity contribution >= 4 is 22.7 Å². The van der Waals surface area contributed by atoms with Crippen molar-refractivity contribution < 1.29 is 5.11 Å². The number of hydrogen-bond acceptors (Lipinski definition) is 4. The molecular formula is C19H20N2O2S. The van der Waals surface area contributed by atoms with Crippen LogP contribution in [-0.2, 0) is 6.42 Å². The van der Waals surface area contributed by atoms with Gasteiger partial charge < -0.3 is 5.11 Å². The summed E-state index contributed by atoms with van der Waals surface area (Å²) >= 11 is 1.50. The molecule has 0 aliphatic carbocycles. The second-order valence-electron chi connectivity index (χ2n) is 5.50. The number of hydrogen-bond donors (Lipinski definition) is 1. The fourth-order valence-corrected chi connectivity index (χ4v) is 3.48. The van der Waals surface area contributed by atoms with Gasteiger partial charge in [-0.3, -0.25) is 9.36 Å². The summed E-state index contributed by atoms with van der Waals surface area (Å²) in [6, 6.07) is 15.4. The first-order valence-corrected chi connectivity index (χ1v) is 9.08. The monoisotopic (exact) mass is 340 g/mol. The van der Waals surface area contributed by atoms with Crippen LogP contribution in [0.4, 0.5) is 0 Å². The fourth-order valence-electron chi connectivity index (χ4n) is 2.55. The van der Waals surface area contributed by atoms with E-state index in [2.05, 4.69) is 11.9 Å². The number of nitrogens with zero attached hydrogens (tertiary/aromatic N) is 2. The first-order chi connectivity index (χ1) is 11.7. The number of benzene rings is 2. The topological polar surface area (TPSA) is 55.1 Å². The van der Waals surface area contributed by atoms with Gasteiger partial charge in [0.25, 0.3) is 5.56 Å². The molecule has 0 radical (unpaired) electrons. The average Bonchev–Trinajstić information content (AvgIpc) is 2.62. The molecule has 0 fully saturated rings. The van der Waals surface area contributed by atoms with E-state index >= 15 is 0 Å². The van der Waals surface area contributed by atoms with Crippen LogP contribution >= 0.6 is 11.8 Å². The third kappa shape index (κ3) is 3.37. The lowest BCUT2D eigenvalue weighted by Gasteiger charge is -2.13. The Kier molecular flexibility index (Phi) is 5.33. The number of aryl methyl sites for hydroxylation is 1. The van der Waals surface area contributed by atoms with Crippen molar-refractivity contribution in [2.75, 3.05) is 12.4 Å². The van der Waals surface area contributed by atoms with Gasteiger partial charge in [0.05, 0.1) is 16.6 Å². The molecule has 0 saturated heterocycles. The van der Waals surface area contributed by atoms with Crippen molar-refractivity contribution in [3.05, 3.63) is 64.4 Å².